The second-order valence-corrected chi connectivity index (χ2v) is 4.80. The van der Waals surface area contributed by atoms with E-state index in [1.807, 2.05) is 13.0 Å². The molecule has 7 heteroatoms. The monoisotopic (exact) mass is 284 g/mol. The van der Waals surface area contributed by atoms with Crippen molar-refractivity contribution in [1.82, 2.24) is 10.2 Å². The van der Waals surface area contributed by atoms with Crippen LogP contribution in [0.5, 0.6) is 0 Å². The number of aliphatic carboxylic acids is 1. The van der Waals surface area contributed by atoms with Gasteiger partial charge < -0.3 is 9.52 Å². The normalized spacial score (nSPS) is 10.6. The van der Waals surface area contributed by atoms with Crippen LogP contribution in [0.25, 0.3) is 11.5 Å². The minimum atomic E-state index is -0.932. The molecule has 2 rings (SSSR count). The van der Waals surface area contributed by atoms with Crippen molar-refractivity contribution >= 4 is 29.3 Å². The second kappa shape index (κ2) is 5.41. The Morgan fingerprint density at radius 1 is 1.50 bits per heavy atom. The van der Waals surface area contributed by atoms with E-state index in [0.29, 0.717) is 10.9 Å². The van der Waals surface area contributed by atoms with Crippen molar-refractivity contribution in [2.45, 2.75) is 12.1 Å². The first-order valence-electron chi connectivity index (χ1n) is 5.01. The molecule has 0 aliphatic heterocycles. The van der Waals surface area contributed by atoms with Gasteiger partial charge in [0.1, 0.15) is 5.75 Å². The minimum Gasteiger partial charge on any atom is -0.481 e. The summed E-state index contributed by atoms with van der Waals surface area (Å²) in [7, 11) is 0. The van der Waals surface area contributed by atoms with Gasteiger partial charge in [-0.05, 0) is 24.6 Å². The van der Waals surface area contributed by atoms with E-state index in [9.17, 15) is 4.79 Å². The van der Waals surface area contributed by atoms with Crippen LogP contribution in [-0.4, -0.2) is 27.0 Å². The Bertz CT molecular complexity index is 585. The Hall–Kier alpha value is -1.53. The fourth-order valence-electron chi connectivity index (χ4n) is 1.34. The molecule has 94 valence electrons. The Balaban J connectivity index is 2.24. The molecular formula is C11H9ClN2O3S. The Kier molecular flexibility index (Phi) is 3.88. The fraction of sp³-hybridized carbons (Fsp3) is 0.182. The van der Waals surface area contributed by atoms with Gasteiger partial charge in [0.05, 0.1) is 0 Å². The molecule has 0 radical (unpaired) electrons. The molecule has 0 fully saturated rings. The van der Waals surface area contributed by atoms with Crippen molar-refractivity contribution in [2.75, 3.05) is 5.75 Å². The number of hydrogen-bond acceptors (Lipinski definition) is 5. The van der Waals surface area contributed by atoms with Gasteiger partial charge in [0, 0.05) is 10.6 Å². The van der Waals surface area contributed by atoms with Crippen LogP contribution >= 0.6 is 23.4 Å². The second-order valence-electron chi connectivity index (χ2n) is 3.47. The van der Waals surface area contributed by atoms with Gasteiger partial charge in [0.25, 0.3) is 5.22 Å². The minimum absolute atomic E-state index is 0.115. The number of carbonyl (C=O) groups is 1. The summed E-state index contributed by atoms with van der Waals surface area (Å²) in [5, 5.41) is 17.0. The number of aromatic nitrogens is 2. The van der Waals surface area contributed by atoms with Crippen molar-refractivity contribution in [3.8, 4) is 11.5 Å². The number of carboxylic acids is 1. The molecule has 1 N–H and O–H groups in total. The maximum Gasteiger partial charge on any atom is 0.314 e. The Morgan fingerprint density at radius 3 is 3.00 bits per heavy atom. The molecule has 0 unspecified atom stereocenters. The zero-order valence-electron chi connectivity index (χ0n) is 9.38. The number of halogens is 1. The van der Waals surface area contributed by atoms with E-state index in [1.54, 1.807) is 12.1 Å². The zero-order valence-corrected chi connectivity index (χ0v) is 11.0. The summed E-state index contributed by atoms with van der Waals surface area (Å²) >= 11 is 6.98. The van der Waals surface area contributed by atoms with Crippen LogP contribution in [0.2, 0.25) is 5.02 Å². The summed E-state index contributed by atoms with van der Waals surface area (Å²) < 4.78 is 5.37. The molecule has 0 aliphatic carbocycles. The predicted molar refractivity (Wildman–Crippen MR) is 67.8 cm³/mol. The van der Waals surface area contributed by atoms with E-state index in [4.69, 9.17) is 21.1 Å². The summed E-state index contributed by atoms with van der Waals surface area (Å²) in [4.78, 5) is 10.4. The third kappa shape index (κ3) is 2.83. The van der Waals surface area contributed by atoms with Gasteiger partial charge in [0.15, 0.2) is 0 Å². The maximum absolute atomic E-state index is 10.4. The predicted octanol–water partition coefficient (Wildman–Crippen LogP) is 2.88. The molecule has 0 bridgehead atoms. The molecule has 0 aliphatic rings. The summed E-state index contributed by atoms with van der Waals surface area (Å²) in [6.07, 6.45) is 0. The van der Waals surface area contributed by atoms with Crippen molar-refractivity contribution in [3.05, 3.63) is 28.8 Å². The van der Waals surface area contributed by atoms with Gasteiger partial charge >= 0.3 is 5.97 Å². The van der Waals surface area contributed by atoms with Crippen LogP contribution in [0.4, 0.5) is 0 Å². The van der Waals surface area contributed by atoms with Gasteiger partial charge in [-0.15, -0.1) is 10.2 Å². The highest BCUT2D eigenvalue weighted by Gasteiger charge is 2.13. The Morgan fingerprint density at radius 2 is 2.28 bits per heavy atom. The van der Waals surface area contributed by atoms with Crippen LogP contribution in [0.1, 0.15) is 5.56 Å². The molecule has 1 aromatic heterocycles. The number of carboxylic acid groups (broad SMARTS) is 1. The lowest BCUT2D eigenvalue weighted by Gasteiger charge is -2.01. The van der Waals surface area contributed by atoms with Crippen molar-refractivity contribution < 1.29 is 14.3 Å². The molecule has 18 heavy (non-hydrogen) atoms. The highest BCUT2D eigenvalue weighted by Crippen LogP contribution is 2.29. The van der Waals surface area contributed by atoms with E-state index in [-0.39, 0.29) is 11.0 Å². The van der Waals surface area contributed by atoms with E-state index in [2.05, 4.69) is 10.2 Å². The lowest BCUT2D eigenvalue weighted by atomic mass is 10.1. The summed E-state index contributed by atoms with van der Waals surface area (Å²) in [5.41, 5.74) is 1.59. The highest BCUT2D eigenvalue weighted by atomic mass is 35.5. The first-order chi connectivity index (χ1) is 8.58. The maximum atomic E-state index is 10.4. The quantitative estimate of drug-likeness (QED) is 0.870. The standard InChI is InChI=1S/C11H9ClN2O3S/c1-6-7(3-2-4-8(6)12)10-13-14-11(17-10)18-5-9(15)16/h2-4H,5H2,1H3,(H,15,16). The van der Waals surface area contributed by atoms with Gasteiger partial charge in [-0.1, -0.05) is 29.4 Å². The first kappa shape index (κ1) is 12.9. The summed E-state index contributed by atoms with van der Waals surface area (Å²) in [6.45, 7) is 1.85. The fourth-order valence-corrected chi connectivity index (χ4v) is 2.00. The van der Waals surface area contributed by atoms with Crippen molar-refractivity contribution in [1.29, 1.82) is 0 Å². The largest absolute Gasteiger partial charge is 0.481 e. The molecule has 0 saturated carbocycles. The van der Waals surface area contributed by atoms with Crippen LogP contribution in [0.3, 0.4) is 0 Å². The first-order valence-corrected chi connectivity index (χ1v) is 6.38. The topological polar surface area (TPSA) is 76.2 Å². The molecule has 1 heterocycles. The van der Waals surface area contributed by atoms with Gasteiger partial charge in [-0.25, -0.2) is 0 Å². The van der Waals surface area contributed by atoms with E-state index < -0.39 is 5.97 Å². The molecule has 0 saturated heterocycles. The zero-order chi connectivity index (χ0) is 13.1. The average Bonchev–Trinajstić information content (AvgIpc) is 2.78. The lowest BCUT2D eigenvalue weighted by Crippen LogP contribution is -1.97. The molecule has 1 aromatic carbocycles. The lowest BCUT2D eigenvalue weighted by molar-refractivity contribution is -0.133. The molecule has 0 spiro atoms. The van der Waals surface area contributed by atoms with Gasteiger partial charge in [0.2, 0.25) is 5.89 Å². The number of hydrogen-bond donors (Lipinski definition) is 1. The molecule has 5 nitrogen and oxygen atoms in total. The van der Waals surface area contributed by atoms with Crippen molar-refractivity contribution in [2.24, 2.45) is 0 Å². The van der Waals surface area contributed by atoms with E-state index in [0.717, 1.165) is 22.9 Å². The van der Waals surface area contributed by atoms with Gasteiger partial charge in [-0.3, -0.25) is 4.79 Å². The van der Waals surface area contributed by atoms with Crippen LogP contribution < -0.4 is 0 Å². The average molecular weight is 285 g/mol. The molecular weight excluding hydrogens is 276 g/mol. The number of rotatable bonds is 4. The number of thioether (sulfide) groups is 1. The van der Waals surface area contributed by atoms with Crippen LogP contribution in [0.15, 0.2) is 27.8 Å². The smallest absolute Gasteiger partial charge is 0.314 e. The molecule has 0 amide bonds. The molecule has 0 atom stereocenters. The van der Waals surface area contributed by atoms with E-state index in [1.165, 1.54) is 0 Å². The van der Waals surface area contributed by atoms with Crippen molar-refractivity contribution in [3.63, 3.8) is 0 Å². The van der Waals surface area contributed by atoms with Gasteiger partial charge in [-0.2, -0.15) is 0 Å². The van der Waals surface area contributed by atoms with Crippen LogP contribution in [0, 0.1) is 6.92 Å². The van der Waals surface area contributed by atoms with E-state index >= 15 is 0 Å². The number of nitrogens with zero attached hydrogens (tertiary/aromatic N) is 2. The Labute approximate surface area is 112 Å². The third-order valence-corrected chi connectivity index (χ3v) is 3.44. The third-order valence-electron chi connectivity index (χ3n) is 2.22. The SMILES string of the molecule is Cc1c(Cl)cccc1-c1nnc(SCC(=O)O)o1. The molecule has 2 aromatic rings. The highest BCUT2D eigenvalue weighted by molar-refractivity contribution is 7.99. The summed E-state index contributed by atoms with van der Waals surface area (Å²) in [5.74, 6) is -0.711. The summed E-state index contributed by atoms with van der Waals surface area (Å²) in [6, 6.07) is 5.39. The number of benzene rings is 1. The van der Waals surface area contributed by atoms with Crippen LogP contribution in [-0.2, 0) is 4.79 Å².